The third-order valence-electron chi connectivity index (χ3n) is 4.95. The van der Waals surface area contributed by atoms with Gasteiger partial charge in [-0.25, -0.2) is 23.1 Å². The van der Waals surface area contributed by atoms with E-state index in [1.54, 1.807) is 39.2 Å². The fraction of sp³-hybridized carbons (Fsp3) is 0.316. The van der Waals surface area contributed by atoms with Crippen LogP contribution in [0.25, 0.3) is 0 Å². The van der Waals surface area contributed by atoms with Crippen LogP contribution in [0, 0.1) is 0 Å². The molecule has 8 nitrogen and oxygen atoms in total. The molecule has 0 saturated carbocycles. The van der Waals surface area contributed by atoms with Gasteiger partial charge in [-0.1, -0.05) is 0 Å². The van der Waals surface area contributed by atoms with E-state index in [-0.39, 0.29) is 12.2 Å². The van der Waals surface area contributed by atoms with E-state index in [0.717, 1.165) is 29.2 Å². The molecule has 1 aromatic heterocycles. The van der Waals surface area contributed by atoms with Crippen molar-refractivity contribution in [1.29, 1.82) is 0 Å². The van der Waals surface area contributed by atoms with Crippen molar-refractivity contribution in [2.45, 2.75) is 36.3 Å². The molecule has 0 bridgehead atoms. The number of nitrogens with zero attached hydrogens (tertiary/aromatic N) is 3. The number of pyridine rings is 1. The molecule has 31 heavy (non-hydrogen) atoms. The molecule has 1 N–H and O–H groups in total. The highest BCUT2D eigenvalue weighted by atomic mass is 32.2. The molecule has 0 atom stereocenters. The van der Waals surface area contributed by atoms with Gasteiger partial charge in [-0.15, -0.1) is 0 Å². The Morgan fingerprint density at radius 2 is 1.71 bits per heavy atom. The molecule has 1 saturated heterocycles. The summed E-state index contributed by atoms with van der Waals surface area (Å²) in [7, 11) is -3.85. The first-order chi connectivity index (χ1) is 14.3. The average Bonchev–Trinajstić information content (AvgIpc) is 2.87. The van der Waals surface area contributed by atoms with Gasteiger partial charge in [-0.2, -0.15) is 13.2 Å². The minimum Gasteiger partial charge on any atom is -0.373 e. The van der Waals surface area contributed by atoms with Gasteiger partial charge in [0.25, 0.3) is 15.7 Å². The van der Waals surface area contributed by atoms with Crippen LogP contribution >= 0.6 is 0 Å². The number of aromatic nitrogens is 1. The van der Waals surface area contributed by atoms with Crippen LogP contribution in [-0.4, -0.2) is 48.3 Å². The number of hydrogen-bond donors (Lipinski definition) is 1. The molecule has 166 valence electrons. The molecule has 1 fully saturated rings. The number of urea groups is 1. The number of benzene rings is 1. The molecule has 1 aliphatic rings. The summed E-state index contributed by atoms with van der Waals surface area (Å²) in [6, 6.07) is 6.16. The number of anilines is 2. The monoisotopic (exact) mass is 456 g/mol. The van der Waals surface area contributed by atoms with Gasteiger partial charge >= 0.3 is 11.5 Å². The first-order valence-corrected chi connectivity index (χ1v) is 10.5. The molecule has 0 radical (unpaired) electrons. The highest BCUT2D eigenvalue weighted by Gasteiger charge is 2.52. The standard InChI is InChI=1S/C19H19F3N4O4S/c1-18(2)16(27)26(13-4-6-14(7-5-13)31(29,30)19(20,21)22)17(28)25(18)11-12-8-9-24-15(10-12)23-3/h4-10H,11H2,1-3H3,(H,23,24). The van der Waals surface area contributed by atoms with E-state index in [0.29, 0.717) is 11.4 Å². The predicted octanol–water partition coefficient (Wildman–Crippen LogP) is 3.16. The maximum absolute atomic E-state index is 13.0. The lowest BCUT2D eigenvalue weighted by atomic mass is 10.0. The second kappa shape index (κ2) is 7.52. The van der Waals surface area contributed by atoms with Crippen LogP contribution in [0.5, 0.6) is 0 Å². The number of sulfone groups is 1. The van der Waals surface area contributed by atoms with Gasteiger partial charge in [0.15, 0.2) is 0 Å². The van der Waals surface area contributed by atoms with Gasteiger partial charge in [0.2, 0.25) is 0 Å². The molecular weight excluding hydrogens is 437 g/mol. The molecule has 0 aliphatic carbocycles. The van der Waals surface area contributed by atoms with Gasteiger partial charge in [-0.05, 0) is 55.8 Å². The Hall–Kier alpha value is -3.15. The van der Waals surface area contributed by atoms with Crippen LogP contribution in [-0.2, 0) is 21.2 Å². The summed E-state index contributed by atoms with van der Waals surface area (Å²) in [5, 5.41) is 2.87. The summed E-state index contributed by atoms with van der Waals surface area (Å²) in [6.45, 7) is 3.19. The van der Waals surface area contributed by atoms with Crippen LogP contribution in [0.4, 0.5) is 29.5 Å². The van der Waals surface area contributed by atoms with Crippen molar-refractivity contribution in [3.63, 3.8) is 0 Å². The Morgan fingerprint density at radius 3 is 2.26 bits per heavy atom. The van der Waals surface area contributed by atoms with Crippen LogP contribution in [0.1, 0.15) is 19.4 Å². The molecule has 0 spiro atoms. The van der Waals surface area contributed by atoms with E-state index in [2.05, 4.69) is 10.3 Å². The Balaban J connectivity index is 1.92. The summed E-state index contributed by atoms with van der Waals surface area (Å²) >= 11 is 0. The second-order valence-electron chi connectivity index (χ2n) is 7.31. The van der Waals surface area contributed by atoms with E-state index in [1.165, 1.54) is 4.90 Å². The summed E-state index contributed by atoms with van der Waals surface area (Å²) in [4.78, 5) is 31.2. The Bertz CT molecular complexity index is 1130. The van der Waals surface area contributed by atoms with Gasteiger partial charge in [0, 0.05) is 19.8 Å². The maximum Gasteiger partial charge on any atom is 0.501 e. The number of carbonyl (C=O) groups is 2. The van der Waals surface area contributed by atoms with Gasteiger partial charge in [0.05, 0.1) is 10.6 Å². The van der Waals surface area contributed by atoms with Gasteiger partial charge in [0.1, 0.15) is 11.4 Å². The van der Waals surface area contributed by atoms with Crippen LogP contribution in [0.15, 0.2) is 47.5 Å². The highest BCUT2D eigenvalue weighted by molar-refractivity contribution is 7.92. The summed E-state index contributed by atoms with van der Waals surface area (Å²) in [6.07, 6.45) is 1.55. The van der Waals surface area contributed by atoms with E-state index in [4.69, 9.17) is 0 Å². The Morgan fingerprint density at radius 1 is 1.10 bits per heavy atom. The molecule has 12 heteroatoms. The average molecular weight is 456 g/mol. The number of imide groups is 1. The van der Waals surface area contributed by atoms with E-state index in [9.17, 15) is 31.2 Å². The second-order valence-corrected chi connectivity index (χ2v) is 9.25. The number of carbonyl (C=O) groups excluding carboxylic acids is 2. The fourth-order valence-corrected chi connectivity index (χ4v) is 3.89. The molecule has 2 heterocycles. The number of amides is 3. The van der Waals surface area contributed by atoms with E-state index < -0.39 is 37.7 Å². The zero-order valence-corrected chi connectivity index (χ0v) is 17.6. The number of alkyl halides is 3. The van der Waals surface area contributed by atoms with Crippen molar-refractivity contribution in [1.82, 2.24) is 9.88 Å². The van der Waals surface area contributed by atoms with E-state index >= 15 is 0 Å². The summed E-state index contributed by atoms with van der Waals surface area (Å²) in [5.74, 6) is -0.0153. The van der Waals surface area contributed by atoms with Crippen molar-refractivity contribution in [3.8, 4) is 0 Å². The minimum absolute atomic E-state index is 0.0302. The topological polar surface area (TPSA) is 99.7 Å². The maximum atomic E-state index is 13.0. The minimum atomic E-state index is -5.54. The van der Waals surface area contributed by atoms with E-state index in [1.807, 2.05) is 0 Å². The first-order valence-electron chi connectivity index (χ1n) is 9.01. The molecule has 0 unspecified atom stereocenters. The first kappa shape index (κ1) is 22.5. The molecule has 2 aromatic rings. The normalized spacial score (nSPS) is 16.7. The van der Waals surface area contributed by atoms with Crippen LogP contribution in [0.3, 0.4) is 0 Å². The van der Waals surface area contributed by atoms with Crippen molar-refractivity contribution in [3.05, 3.63) is 48.2 Å². The largest absolute Gasteiger partial charge is 0.501 e. The third-order valence-corrected chi connectivity index (χ3v) is 6.46. The SMILES string of the molecule is CNc1cc(CN2C(=O)N(c3ccc(S(=O)(=O)C(F)(F)F)cc3)C(=O)C2(C)C)ccn1. The summed E-state index contributed by atoms with van der Waals surface area (Å²) < 4.78 is 61.3. The smallest absolute Gasteiger partial charge is 0.373 e. The van der Waals surface area contributed by atoms with Crippen LogP contribution in [0.2, 0.25) is 0 Å². The quantitative estimate of drug-likeness (QED) is 0.694. The molecule has 3 amide bonds. The number of hydrogen-bond acceptors (Lipinski definition) is 6. The predicted molar refractivity (Wildman–Crippen MR) is 106 cm³/mol. The lowest BCUT2D eigenvalue weighted by molar-refractivity contribution is -0.123. The number of rotatable bonds is 5. The molecule has 1 aliphatic heterocycles. The Kier molecular flexibility index (Phi) is 5.47. The van der Waals surface area contributed by atoms with Gasteiger partial charge < -0.3 is 10.2 Å². The summed E-state index contributed by atoms with van der Waals surface area (Å²) in [5.41, 5.74) is -6.01. The number of nitrogens with one attached hydrogen (secondary N) is 1. The highest BCUT2D eigenvalue weighted by Crippen LogP contribution is 2.35. The lowest BCUT2D eigenvalue weighted by Crippen LogP contribution is -2.43. The molecule has 1 aromatic carbocycles. The Labute approximate surface area is 176 Å². The zero-order valence-electron chi connectivity index (χ0n) is 16.8. The van der Waals surface area contributed by atoms with Crippen LogP contribution < -0.4 is 10.2 Å². The zero-order chi connectivity index (χ0) is 23.2. The van der Waals surface area contributed by atoms with Crippen molar-refractivity contribution in [2.24, 2.45) is 0 Å². The molecule has 3 rings (SSSR count). The number of halogens is 3. The third kappa shape index (κ3) is 3.82. The fourth-order valence-electron chi connectivity index (χ4n) is 3.13. The van der Waals surface area contributed by atoms with Gasteiger partial charge in [-0.3, -0.25) is 4.79 Å². The lowest BCUT2D eigenvalue weighted by Gasteiger charge is -2.27. The van der Waals surface area contributed by atoms with Crippen molar-refractivity contribution in [2.75, 3.05) is 17.3 Å². The van der Waals surface area contributed by atoms with Crippen molar-refractivity contribution < 1.29 is 31.2 Å². The molecular formula is C19H19F3N4O4S. The van der Waals surface area contributed by atoms with Crippen molar-refractivity contribution >= 4 is 33.3 Å².